The molecule has 190 valence electrons. The average molecular weight is 493 g/mol. The number of hydrogen-bond acceptors (Lipinski definition) is 4. The van der Waals surface area contributed by atoms with Gasteiger partial charge in [0.1, 0.15) is 12.4 Å². The number of piperidine rings is 1. The van der Waals surface area contributed by atoms with Crippen LogP contribution in [0.1, 0.15) is 50.2 Å². The maximum atomic E-state index is 13.9. The number of hydrogen-bond donors (Lipinski definition) is 0. The monoisotopic (exact) mass is 492 g/mol. The summed E-state index contributed by atoms with van der Waals surface area (Å²) in [7, 11) is 0. The second-order valence-electron chi connectivity index (χ2n) is 9.53. The standard InChI is InChI=1S/C29H33FN2O4/c1-3-36-29(35)28-20(2)32(26(33)18-25(28)23-10-7-11-24(30)17-23)19-27(34)31-14-12-22(13-15-31)16-21-8-5-4-6-9-21/h4-11,17,22,25H,3,12-16,18-19H2,1-2H3. The maximum Gasteiger partial charge on any atom is 0.336 e. The number of likely N-dealkylation sites (tertiary alicyclic amines) is 1. The van der Waals surface area contributed by atoms with Crippen molar-refractivity contribution in [3.05, 3.63) is 82.8 Å². The first kappa shape index (κ1) is 25.6. The van der Waals surface area contributed by atoms with E-state index in [0.717, 1.165) is 19.3 Å². The van der Waals surface area contributed by atoms with Crippen LogP contribution in [0.25, 0.3) is 0 Å². The molecule has 36 heavy (non-hydrogen) atoms. The fourth-order valence-corrected chi connectivity index (χ4v) is 5.25. The number of esters is 1. The van der Waals surface area contributed by atoms with E-state index in [1.165, 1.54) is 22.6 Å². The Morgan fingerprint density at radius 1 is 1.06 bits per heavy atom. The quantitative estimate of drug-likeness (QED) is 0.536. The number of carbonyl (C=O) groups is 3. The van der Waals surface area contributed by atoms with Gasteiger partial charge >= 0.3 is 5.97 Å². The molecule has 0 N–H and O–H groups in total. The van der Waals surface area contributed by atoms with Gasteiger partial charge in [-0.3, -0.25) is 9.59 Å². The van der Waals surface area contributed by atoms with Crippen LogP contribution in [0.15, 0.2) is 65.9 Å². The van der Waals surface area contributed by atoms with Crippen LogP contribution in [0.5, 0.6) is 0 Å². The number of carbonyl (C=O) groups excluding carboxylic acids is 3. The first-order valence-electron chi connectivity index (χ1n) is 12.6. The van der Waals surface area contributed by atoms with E-state index in [1.807, 2.05) is 23.1 Å². The number of halogens is 1. The molecule has 4 rings (SSSR count). The summed E-state index contributed by atoms with van der Waals surface area (Å²) in [6.45, 7) is 4.73. The van der Waals surface area contributed by atoms with Gasteiger partial charge in [-0.1, -0.05) is 42.5 Å². The van der Waals surface area contributed by atoms with Crippen molar-refractivity contribution >= 4 is 17.8 Å². The van der Waals surface area contributed by atoms with Crippen molar-refractivity contribution < 1.29 is 23.5 Å². The van der Waals surface area contributed by atoms with Crippen LogP contribution < -0.4 is 0 Å². The zero-order chi connectivity index (χ0) is 25.7. The van der Waals surface area contributed by atoms with Gasteiger partial charge in [-0.15, -0.1) is 0 Å². The Morgan fingerprint density at radius 3 is 2.44 bits per heavy atom. The first-order chi connectivity index (χ1) is 17.4. The molecule has 1 unspecified atom stereocenters. The summed E-state index contributed by atoms with van der Waals surface area (Å²) in [5, 5.41) is 0. The maximum absolute atomic E-state index is 13.9. The summed E-state index contributed by atoms with van der Waals surface area (Å²) in [5.41, 5.74) is 2.54. The number of amides is 2. The Hall–Kier alpha value is -3.48. The van der Waals surface area contributed by atoms with Crippen molar-refractivity contribution in [2.24, 2.45) is 5.92 Å². The van der Waals surface area contributed by atoms with E-state index >= 15 is 0 Å². The molecule has 1 fully saturated rings. The Labute approximate surface area is 211 Å². The molecule has 0 radical (unpaired) electrons. The number of allylic oxidation sites excluding steroid dienone is 1. The van der Waals surface area contributed by atoms with Crippen LogP contribution in [0.3, 0.4) is 0 Å². The Kier molecular flexibility index (Phi) is 8.18. The molecule has 2 aliphatic rings. The molecule has 0 saturated carbocycles. The summed E-state index contributed by atoms with van der Waals surface area (Å²) in [6, 6.07) is 16.3. The lowest BCUT2D eigenvalue weighted by Gasteiger charge is -2.37. The van der Waals surface area contributed by atoms with Crippen molar-refractivity contribution in [1.82, 2.24) is 9.80 Å². The molecule has 6 nitrogen and oxygen atoms in total. The van der Waals surface area contributed by atoms with Gasteiger partial charge in [0.05, 0.1) is 12.2 Å². The zero-order valence-electron chi connectivity index (χ0n) is 20.9. The molecular formula is C29H33FN2O4. The second kappa shape index (κ2) is 11.5. The number of nitrogens with zero attached hydrogens (tertiary/aromatic N) is 2. The number of benzene rings is 2. The fourth-order valence-electron chi connectivity index (χ4n) is 5.25. The summed E-state index contributed by atoms with van der Waals surface area (Å²) < 4.78 is 19.2. The molecular weight excluding hydrogens is 459 g/mol. The molecule has 1 saturated heterocycles. The minimum Gasteiger partial charge on any atom is -0.463 e. The smallest absolute Gasteiger partial charge is 0.336 e. The first-order valence-corrected chi connectivity index (χ1v) is 12.6. The van der Waals surface area contributed by atoms with Gasteiger partial charge in [-0.25, -0.2) is 9.18 Å². The van der Waals surface area contributed by atoms with Crippen LogP contribution in [-0.4, -0.2) is 53.8 Å². The van der Waals surface area contributed by atoms with Crippen LogP contribution in [0.2, 0.25) is 0 Å². The molecule has 2 aliphatic heterocycles. The minimum atomic E-state index is -0.618. The van der Waals surface area contributed by atoms with E-state index in [2.05, 4.69) is 12.1 Å². The van der Waals surface area contributed by atoms with Gasteiger partial charge < -0.3 is 14.5 Å². The van der Waals surface area contributed by atoms with E-state index in [0.29, 0.717) is 35.8 Å². The number of rotatable bonds is 7. The van der Waals surface area contributed by atoms with Gasteiger partial charge in [-0.2, -0.15) is 0 Å². The van der Waals surface area contributed by atoms with E-state index in [1.54, 1.807) is 26.0 Å². The average Bonchev–Trinajstić information content (AvgIpc) is 2.87. The molecule has 2 heterocycles. The Morgan fingerprint density at radius 2 is 1.78 bits per heavy atom. The van der Waals surface area contributed by atoms with E-state index in [4.69, 9.17) is 4.74 Å². The molecule has 0 bridgehead atoms. The Bertz CT molecular complexity index is 1140. The van der Waals surface area contributed by atoms with Crippen molar-refractivity contribution in [2.75, 3.05) is 26.2 Å². The Balaban J connectivity index is 1.47. The van der Waals surface area contributed by atoms with E-state index in [-0.39, 0.29) is 31.4 Å². The molecule has 1 atom stereocenters. The predicted octanol–water partition coefficient (Wildman–Crippen LogP) is 4.46. The lowest BCUT2D eigenvalue weighted by Crippen LogP contribution is -2.47. The highest BCUT2D eigenvalue weighted by Crippen LogP contribution is 2.37. The van der Waals surface area contributed by atoms with Crippen LogP contribution in [-0.2, 0) is 25.5 Å². The highest BCUT2D eigenvalue weighted by Gasteiger charge is 2.38. The van der Waals surface area contributed by atoms with Gasteiger partial charge in [-0.05, 0) is 62.3 Å². The molecule has 2 aromatic rings. The number of ether oxygens (including phenoxy) is 1. The topological polar surface area (TPSA) is 66.9 Å². The minimum absolute atomic E-state index is 0.0264. The molecule has 0 aliphatic carbocycles. The third-order valence-electron chi connectivity index (χ3n) is 7.20. The van der Waals surface area contributed by atoms with Gasteiger partial charge in [0.15, 0.2) is 0 Å². The zero-order valence-corrected chi connectivity index (χ0v) is 20.9. The molecule has 0 spiro atoms. The van der Waals surface area contributed by atoms with Crippen molar-refractivity contribution in [3.63, 3.8) is 0 Å². The molecule has 7 heteroatoms. The second-order valence-corrected chi connectivity index (χ2v) is 9.53. The molecule has 2 aromatic carbocycles. The van der Waals surface area contributed by atoms with Gasteiger partial charge in [0, 0.05) is 31.1 Å². The van der Waals surface area contributed by atoms with E-state index < -0.39 is 17.7 Å². The van der Waals surface area contributed by atoms with Crippen LogP contribution in [0.4, 0.5) is 4.39 Å². The summed E-state index contributed by atoms with van der Waals surface area (Å²) in [5.74, 6) is -1.47. The lowest BCUT2D eigenvalue weighted by molar-refractivity contribution is -0.143. The molecule has 2 amide bonds. The lowest BCUT2D eigenvalue weighted by atomic mass is 9.83. The highest BCUT2D eigenvalue weighted by molar-refractivity contribution is 5.97. The van der Waals surface area contributed by atoms with Crippen molar-refractivity contribution in [2.45, 2.75) is 45.4 Å². The fraction of sp³-hybridized carbons (Fsp3) is 0.414. The molecule has 0 aromatic heterocycles. The van der Waals surface area contributed by atoms with Crippen molar-refractivity contribution in [1.29, 1.82) is 0 Å². The predicted molar refractivity (Wildman–Crippen MR) is 134 cm³/mol. The third kappa shape index (κ3) is 5.83. The van der Waals surface area contributed by atoms with Gasteiger partial charge in [0.2, 0.25) is 11.8 Å². The third-order valence-corrected chi connectivity index (χ3v) is 7.20. The van der Waals surface area contributed by atoms with Crippen LogP contribution >= 0.6 is 0 Å². The SMILES string of the molecule is CCOC(=O)C1=C(C)N(CC(=O)N2CCC(Cc3ccccc3)CC2)C(=O)CC1c1cccc(F)c1. The summed E-state index contributed by atoms with van der Waals surface area (Å²) >= 11 is 0. The normalized spacial score (nSPS) is 19.0. The highest BCUT2D eigenvalue weighted by atomic mass is 19.1. The van der Waals surface area contributed by atoms with Crippen LogP contribution in [0, 0.1) is 11.7 Å². The van der Waals surface area contributed by atoms with Gasteiger partial charge in [0.25, 0.3) is 0 Å². The van der Waals surface area contributed by atoms with E-state index in [9.17, 15) is 18.8 Å². The van der Waals surface area contributed by atoms with Crippen molar-refractivity contribution in [3.8, 4) is 0 Å². The largest absolute Gasteiger partial charge is 0.463 e. The summed E-state index contributed by atoms with van der Waals surface area (Å²) in [4.78, 5) is 42.4. The summed E-state index contributed by atoms with van der Waals surface area (Å²) in [6.07, 6.45) is 2.80.